The number of nitrogens with zero attached hydrogens (tertiary/aromatic N) is 2. The minimum absolute atomic E-state index is 0.321. The van der Waals surface area contributed by atoms with Gasteiger partial charge in [0.15, 0.2) is 0 Å². The first-order valence-corrected chi connectivity index (χ1v) is 10.3. The van der Waals surface area contributed by atoms with Gasteiger partial charge >= 0.3 is 0 Å². The van der Waals surface area contributed by atoms with Crippen LogP contribution in [0.25, 0.3) is 10.9 Å². The molecule has 5 rings (SSSR count). The molecule has 1 aliphatic heterocycles. The predicted molar refractivity (Wildman–Crippen MR) is 121 cm³/mol. The first kappa shape index (κ1) is 18.0. The van der Waals surface area contributed by atoms with Crippen molar-refractivity contribution < 1.29 is 5.11 Å². The van der Waals surface area contributed by atoms with Gasteiger partial charge in [0.05, 0.1) is 12.2 Å². The topological polar surface area (TPSA) is 28.4 Å². The van der Waals surface area contributed by atoms with Gasteiger partial charge in [-0.2, -0.15) is 0 Å². The maximum atomic E-state index is 10.3. The van der Waals surface area contributed by atoms with Gasteiger partial charge in [0.1, 0.15) is 10.7 Å². The van der Waals surface area contributed by atoms with Crippen molar-refractivity contribution in [3.05, 3.63) is 101 Å². The molecule has 0 bridgehead atoms. The van der Waals surface area contributed by atoms with Crippen molar-refractivity contribution >= 4 is 28.1 Å². The Labute approximate surface area is 175 Å². The van der Waals surface area contributed by atoms with Crippen LogP contribution in [-0.4, -0.2) is 26.1 Å². The summed E-state index contributed by atoms with van der Waals surface area (Å²) in [5, 5.41) is 11.6. The van der Waals surface area contributed by atoms with E-state index in [0.29, 0.717) is 12.3 Å². The Balaban J connectivity index is 1.60. The maximum absolute atomic E-state index is 10.3. The zero-order chi connectivity index (χ0) is 19.8. The van der Waals surface area contributed by atoms with Crippen molar-refractivity contribution in [3.8, 4) is 5.75 Å². The molecule has 4 aromatic rings. The van der Waals surface area contributed by atoms with Gasteiger partial charge in [-0.3, -0.25) is 0 Å². The Kier molecular flexibility index (Phi) is 4.57. The van der Waals surface area contributed by atoms with Crippen molar-refractivity contribution in [1.82, 2.24) is 9.47 Å². The van der Waals surface area contributed by atoms with E-state index in [1.165, 1.54) is 22.0 Å². The number of para-hydroxylation sites is 2. The summed E-state index contributed by atoms with van der Waals surface area (Å²) >= 11 is 6.00. The first-order valence-electron chi connectivity index (χ1n) is 9.92. The molecular weight excluding hydrogens is 376 g/mol. The molecular formula is C25H22N2OS. The molecule has 144 valence electrons. The minimum atomic E-state index is 0.321. The molecule has 0 radical (unpaired) electrons. The van der Waals surface area contributed by atoms with Crippen LogP contribution in [0.2, 0.25) is 0 Å². The summed E-state index contributed by atoms with van der Waals surface area (Å²) < 4.78 is 2.28. The second-order valence-electron chi connectivity index (χ2n) is 7.52. The molecule has 1 N–H and O–H groups in total. The zero-order valence-electron chi connectivity index (χ0n) is 16.1. The van der Waals surface area contributed by atoms with Gasteiger partial charge in [-0.1, -0.05) is 78.9 Å². The average Bonchev–Trinajstić information content (AvgIpc) is 3.07. The van der Waals surface area contributed by atoms with E-state index in [1.807, 2.05) is 24.3 Å². The predicted octanol–water partition coefficient (Wildman–Crippen LogP) is 5.13. The summed E-state index contributed by atoms with van der Waals surface area (Å²) in [6.07, 6.45) is 0.969. The SMILES string of the molecule is Oc1ccccc1Cn1c2c(c3ccccc31)CCN(Cc1ccccc1)C2=S. The van der Waals surface area contributed by atoms with Crippen molar-refractivity contribution in [2.24, 2.45) is 0 Å². The van der Waals surface area contributed by atoms with E-state index in [2.05, 4.69) is 58.0 Å². The van der Waals surface area contributed by atoms with Gasteiger partial charge in [0, 0.05) is 29.6 Å². The molecule has 3 aromatic carbocycles. The highest BCUT2D eigenvalue weighted by Crippen LogP contribution is 2.33. The summed E-state index contributed by atoms with van der Waals surface area (Å²) in [4.78, 5) is 3.19. The van der Waals surface area contributed by atoms with Crippen LogP contribution in [0.15, 0.2) is 78.9 Å². The number of benzene rings is 3. The lowest BCUT2D eigenvalue weighted by Gasteiger charge is -2.31. The second-order valence-corrected chi connectivity index (χ2v) is 7.91. The molecule has 1 aliphatic rings. The fourth-order valence-corrected chi connectivity index (χ4v) is 4.69. The van der Waals surface area contributed by atoms with E-state index >= 15 is 0 Å². The molecule has 4 heteroatoms. The Bertz CT molecular complexity index is 1200. The highest BCUT2D eigenvalue weighted by atomic mass is 32.1. The minimum Gasteiger partial charge on any atom is -0.508 e. The Morgan fingerprint density at radius 2 is 1.55 bits per heavy atom. The van der Waals surface area contributed by atoms with E-state index in [9.17, 15) is 5.11 Å². The number of thiocarbonyl (C=S) groups is 1. The van der Waals surface area contributed by atoms with Crippen molar-refractivity contribution in [3.63, 3.8) is 0 Å². The molecule has 0 saturated heterocycles. The number of fused-ring (bicyclic) bond motifs is 3. The summed E-state index contributed by atoms with van der Waals surface area (Å²) in [5.41, 5.74) is 5.78. The fourth-order valence-electron chi connectivity index (χ4n) is 4.30. The highest BCUT2D eigenvalue weighted by Gasteiger charge is 2.28. The van der Waals surface area contributed by atoms with Crippen LogP contribution in [0.1, 0.15) is 22.4 Å². The molecule has 0 fully saturated rings. The van der Waals surface area contributed by atoms with Gasteiger partial charge in [0.2, 0.25) is 0 Å². The lowest BCUT2D eigenvalue weighted by molar-refractivity contribution is 0.412. The largest absolute Gasteiger partial charge is 0.508 e. The fraction of sp³-hybridized carbons (Fsp3) is 0.160. The van der Waals surface area contributed by atoms with Crippen LogP contribution in [0.4, 0.5) is 0 Å². The van der Waals surface area contributed by atoms with E-state index in [1.54, 1.807) is 6.07 Å². The number of aromatic hydroxyl groups is 1. The highest BCUT2D eigenvalue weighted by molar-refractivity contribution is 7.80. The molecule has 3 nitrogen and oxygen atoms in total. The van der Waals surface area contributed by atoms with E-state index < -0.39 is 0 Å². The lowest BCUT2D eigenvalue weighted by atomic mass is 10.0. The zero-order valence-corrected chi connectivity index (χ0v) is 16.9. The van der Waals surface area contributed by atoms with Crippen molar-refractivity contribution in [1.29, 1.82) is 0 Å². The summed E-state index contributed by atoms with van der Waals surface area (Å²) in [7, 11) is 0. The molecule has 29 heavy (non-hydrogen) atoms. The second kappa shape index (κ2) is 7.37. The van der Waals surface area contributed by atoms with Crippen LogP contribution in [0, 0.1) is 0 Å². The third kappa shape index (κ3) is 3.19. The number of phenolic OH excluding ortho intramolecular Hbond substituents is 1. The number of phenols is 1. The molecule has 0 spiro atoms. The van der Waals surface area contributed by atoms with E-state index in [4.69, 9.17) is 12.2 Å². The smallest absolute Gasteiger partial charge is 0.126 e. The molecule has 0 aliphatic carbocycles. The summed E-state index contributed by atoms with van der Waals surface area (Å²) in [6.45, 7) is 2.34. The monoisotopic (exact) mass is 398 g/mol. The van der Waals surface area contributed by atoms with Crippen LogP contribution in [0.3, 0.4) is 0 Å². The van der Waals surface area contributed by atoms with Gasteiger partial charge in [0.25, 0.3) is 0 Å². The number of aromatic nitrogens is 1. The van der Waals surface area contributed by atoms with Crippen LogP contribution in [-0.2, 0) is 19.5 Å². The third-order valence-electron chi connectivity index (χ3n) is 5.73. The van der Waals surface area contributed by atoms with Crippen molar-refractivity contribution in [2.45, 2.75) is 19.5 Å². The number of rotatable bonds is 4. The van der Waals surface area contributed by atoms with Crippen LogP contribution < -0.4 is 0 Å². The molecule has 2 heterocycles. The van der Waals surface area contributed by atoms with Crippen LogP contribution >= 0.6 is 12.2 Å². The molecule has 0 atom stereocenters. The van der Waals surface area contributed by atoms with Crippen LogP contribution in [0.5, 0.6) is 5.75 Å². The normalized spacial score (nSPS) is 13.7. The maximum Gasteiger partial charge on any atom is 0.126 e. The lowest BCUT2D eigenvalue weighted by Crippen LogP contribution is -2.37. The van der Waals surface area contributed by atoms with E-state index in [-0.39, 0.29) is 0 Å². The van der Waals surface area contributed by atoms with Crippen molar-refractivity contribution in [2.75, 3.05) is 6.54 Å². The van der Waals surface area contributed by atoms with Gasteiger partial charge < -0.3 is 14.6 Å². The standard InChI is InChI=1S/C25H22N2OS/c28-23-13-7-4-10-19(23)17-27-22-12-6-5-11-20(22)21-14-15-26(25(29)24(21)27)16-18-8-2-1-3-9-18/h1-13,28H,14-17H2. The first-order chi connectivity index (χ1) is 14.2. The third-order valence-corrected chi connectivity index (χ3v) is 6.19. The molecule has 0 saturated carbocycles. The average molecular weight is 399 g/mol. The summed E-state index contributed by atoms with van der Waals surface area (Å²) in [6, 6.07) is 26.5. The van der Waals surface area contributed by atoms with Gasteiger partial charge in [-0.05, 0) is 29.7 Å². The summed E-state index contributed by atoms with van der Waals surface area (Å²) in [5.74, 6) is 0.321. The quantitative estimate of drug-likeness (QED) is 0.483. The molecule has 0 unspecified atom stereocenters. The Hall–Kier alpha value is -3.11. The van der Waals surface area contributed by atoms with E-state index in [0.717, 1.165) is 35.8 Å². The molecule has 1 aromatic heterocycles. The number of hydrogen-bond acceptors (Lipinski definition) is 2. The van der Waals surface area contributed by atoms with Gasteiger partial charge in [-0.15, -0.1) is 0 Å². The van der Waals surface area contributed by atoms with Gasteiger partial charge in [-0.25, -0.2) is 0 Å². The number of hydrogen-bond donors (Lipinski definition) is 1. The Morgan fingerprint density at radius 1 is 0.828 bits per heavy atom. The molecule has 0 amide bonds. The Morgan fingerprint density at radius 3 is 2.38 bits per heavy atom.